The summed E-state index contributed by atoms with van der Waals surface area (Å²) in [5.74, 6) is -4.65. The van der Waals surface area contributed by atoms with Gasteiger partial charge in [0.05, 0.1) is 12.5 Å². The van der Waals surface area contributed by atoms with Crippen LogP contribution in [0.15, 0.2) is 30.3 Å². The number of carboxylic acids is 1. The van der Waals surface area contributed by atoms with Crippen LogP contribution in [-0.2, 0) is 30.4 Å². The molecule has 0 spiro atoms. The predicted octanol–water partition coefficient (Wildman–Crippen LogP) is -2.08. The van der Waals surface area contributed by atoms with Gasteiger partial charge in [-0.25, -0.2) is 4.79 Å². The lowest BCUT2D eigenvalue weighted by Crippen LogP contribution is -2.58. The highest BCUT2D eigenvalue weighted by Gasteiger charge is 2.30. The molecule has 0 aliphatic heterocycles. The van der Waals surface area contributed by atoms with E-state index in [1.165, 1.54) is 6.92 Å². The van der Waals surface area contributed by atoms with Crippen molar-refractivity contribution < 1.29 is 29.1 Å². The summed E-state index contributed by atoms with van der Waals surface area (Å²) in [5, 5.41) is 16.2. The van der Waals surface area contributed by atoms with E-state index in [2.05, 4.69) is 28.6 Å². The largest absolute Gasteiger partial charge is 0.480 e. The standard InChI is InChI=1S/C19H27N5O6S/c1-10(20)16(26)22-12(7-11-5-3-2-4-6-11)17(27)24-14(9-31)18(28)23-13(19(29)30)8-15(21)25/h2-6,10,12-14,31H,7-9,20H2,1H3,(H2,21,25)(H,22,26)(H,23,28)(H,24,27)(H,29,30). The third-order valence-electron chi connectivity index (χ3n) is 4.16. The Kier molecular flexibility index (Phi) is 10.5. The molecule has 0 aliphatic rings. The maximum Gasteiger partial charge on any atom is 0.326 e. The minimum absolute atomic E-state index is 0.130. The van der Waals surface area contributed by atoms with Crippen molar-refractivity contribution >= 4 is 42.2 Å². The summed E-state index contributed by atoms with van der Waals surface area (Å²) >= 11 is 4.02. The smallest absolute Gasteiger partial charge is 0.326 e. The number of rotatable bonds is 12. The van der Waals surface area contributed by atoms with Crippen molar-refractivity contribution in [2.24, 2.45) is 11.5 Å². The van der Waals surface area contributed by atoms with Crippen LogP contribution in [0, 0.1) is 0 Å². The summed E-state index contributed by atoms with van der Waals surface area (Å²) < 4.78 is 0. The zero-order chi connectivity index (χ0) is 23.6. The molecule has 12 heteroatoms. The fourth-order valence-electron chi connectivity index (χ4n) is 2.50. The first-order valence-electron chi connectivity index (χ1n) is 9.37. The van der Waals surface area contributed by atoms with Crippen LogP contribution in [0.25, 0.3) is 0 Å². The number of hydrogen-bond donors (Lipinski definition) is 7. The Morgan fingerprint density at radius 3 is 1.94 bits per heavy atom. The lowest BCUT2D eigenvalue weighted by atomic mass is 10.0. The highest BCUT2D eigenvalue weighted by Crippen LogP contribution is 2.05. The Morgan fingerprint density at radius 1 is 0.935 bits per heavy atom. The second-order valence-corrected chi connectivity index (χ2v) is 7.22. The molecule has 11 nitrogen and oxygen atoms in total. The third kappa shape index (κ3) is 9.05. The van der Waals surface area contributed by atoms with Crippen LogP contribution in [0.2, 0.25) is 0 Å². The van der Waals surface area contributed by atoms with E-state index in [0.717, 1.165) is 5.56 Å². The predicted molar refractivity (Wildman–Crippen MR) is 115 cm³/mol. The van der Waals surface area contributed by atoms with Crippen molar-refractivity contribution in [3.8, 4) is 0 Å². The quantitative estimate of drug-likeness (QED) is 0.176. The second-order valence-electron chi connectivity index (χ2n) is 6.85. The van der Waals surface area contributed by atoms with Crippen molar-refractivity contribution in [2.45, 2.75) is 43.9 Å². The van der Waals surface area contributed by atoms with Gasteiger partial charge < -0.3 is 32.5 Å². The van der Waals surface area contributed by atoms with E-state index in [-0.39, 0.29) is 12.2 Å². The van der Waals surface area contributed by atoms with Crippen molar-refractivity contribution in [1.82, 2.24) is 16.0 Å². The van der Waals surface area contributed by atoms with E-state index >= 15 is 0 Å². The summed E-state index contributed by atoms with van der Waals surface area (Å²) in [6, 6.07) is 4.19. The Bertz CT molecular complexity index is 804. The molecular weight excluding hydrogens is 426 g/mol. The summed E-state index contributed by atoms with van der Waals surface area (Å²) in [5.41, 5.74) is 11.3. The van der Waals surface area contributed by atoms with E-state index in [4.69, 9.17) is 16.6 Å². The van der Waals surface area contributed by atoms with Gasteiger partial charge in [0.1, 0.15) is 18.1 Å². The van der Waals surface area contributed by atoms with E-state index in [9.17, 15) is 24.0 Å². The van der Waals surface area contributed by atoms with Gasteiger partial charge in [0.25, 0.3) is 0 Å². The lowest BCUT2D eigenvalue weighted by Gasteiger charge is -2.24. The zero-order valence-electron chi connectivity index (χ0n) is 16.9. The van der Waals surface area contributed by atoms with Gasteiger partial charge in [0, 0.05) is 12.2 Å². The van der Waals surface area contributed by atoms with Crippen molar-refractivity contribution in [3.05, 3.63) is 35.9 Å². The van der Waals surface area contributed by atoms with E-state index < -0.39 is 60.2 Å². The molecular formula is C19H27N5O6S. The van der Waals surface area contributed by atoms with Crippen LogP contribution in [-0.4, -0.2) is 64.6 Å². The molecule has 170 valence electrons. The van der Waals surface area contributed by atoms with Gasteiger partial charge >= 0.3 is 5.97 Å². The maximum absolute atomic E-state index is 12.8. The van der Waals surface area contributed by atoms with E-state index in [1.54, 1.807) is 30.3 Å². The summed E-state index contributed by atoms with van der Waals surface area (Å²) in [6.07, 6.45) is -0.485. The molecule has 8 N–H and O–H groups in total. The Morgan fingerprint density at radius 2 is 1.45 bits per heavy atom. The van der Waals surface area contributed by atoms with Crippen LogP contribution in [0.3, 0.4) is 0 Å². The van der Waals surface area contributed by atoms with Gasteiger partial charge in [0.15, 0.2) is 0 Å². The van der Waals surface area contributed by atoms with E-state index in [0.29, 0.717) is 0 Å². The fraction of sp³-hybridized carbons (Fsp3) is 0.421. The minimum Gasteiger partial charge on any atom is -0.480 e. The molecule has 1 aromatic carbocycles. The molecule has 0 saturated carbocycles. The molecule has 31 heavy (non-hydrogen) atoms. The number of amides is 4. The van der Waals surface area contributed by atoms with Gasteiger partial charge in [0.2, 0.25) is 23.6 Å². The molecule has 0 saturated heterocycles. The van der Waals surface area contributed by atoms with Crippen molar-refractivity contribution in [2.75, 3.05) is 5.75 Å². The van der Waals surface area contributed by atoms with E-state index in [1.807, 2.05) is 0 Å². The van der Waals surface area contributed by atoms with Gasteiger partial charge in [-0.05, 0) is 12.5 Å². The second kappa shape index (κ2) is 12.5. The monoisotopic (exact) mass is 453 g/mol. The maximum atomic E-state index is 12.8. The molecule has 0 heterocycles. The number of nitrogens with two attached hydrogens (primary N) is 2. The molecule has 0 fully saturated rings. The Hall–Kier alpha value is -3.12. The minimum atomic E-state index is -1.55. The summed E-state index contributed by atoms with van der Waals surface area (Å²) in [4.78, 5) is 59.5. The topological polar surface area (TPSA) is 194 Å². The number of benzene rings is 1. The van der Waals surface area contributed by atoms with Gasteiger partial charge in [-0.15, -0.1) is 0 Å². The number of primary amides is 1. The highest BCUT2D eigenvalue weighted by molar-refractivity contribution is 7.80. The number of aliphatic carboxylic acids is 1. The van der Waals surface area contributed by atoms with Crippen LogP contribution >= 0.6 is 12.6 Å². The molecule has 0 aromatic heterocycles. The molecule has 4 atom stereocenters. The number of thiol groups is 1. The van der Waals surface area contributed by atoms with Gasteiger partial charge in [-0.3, -0.25) is 19.2 Å². The SMILES string of the molecule is CC(N)C(=O)NC(Cc1ccccc1)C(=O)NC(CS)C(=O)NC(CC(N)=O)C(=O)O. The molecule has 0 bridgehead atoms. The average molecular weight is 454 g/mol. The van der Waals surface area contributed by atoms with Gasteiger partial charge in [-0.1, -0.05) is 30.3 Å². The van der Waals surface area contributed by atoms with Crippen LogP contribution < -0.4 is 27.4 Å². The third-order valence-corrected chi connectivity index (χ3v) is 4.53. The number of carbonyl (C=O) groups excluding carboxylic acids is 4. The van der Waals surface area contributed by atoms with Crippen molar-refractivity contribution in [3.63, 3.8) is 0 Å². The van der Waals surface area contributed by atoms with Crippen LogP contribution in [0.4, 0.5) is 0 Å². The van der Waals surface area contributed by atoms with Crippen LogP contribution in [0.5, 0.6) is 0 Å². The zero-order valence-corrected chi connectivity index (χ0v) is 17.8. The fourth-order valence-corrected chi connectivity index (χ4v) is 2.76. The first-order chi connectivity index (χ1) is 14.5. The number of nitrogens with one attached hydrogen (secondary N) is 3. The Balaban J connectivity index is 2.93. The number of hydrogen-bond acceptors (Lipinski definition) is 7. The number of carbonyl (C=O) groups is 5. The summed E-state index contributed by atoms with van der Waals surface area (Å²) in [7, 11) is 0. The van der Waals surface area contributed by atoms with Crippen LogP contribution in [0.1, 0.15) is 18.9 Å². The molecule has 0 radical (unpaired) electrons. The molecule has 4 amide bonds. The average Bonchev–Trinajstić information content (AvgIpc) is 2.70. The normalized spacial score (nSPS) is 14.4. The first kappa shape index (κ1) is 25.9. The van der Waals surface area contributed by atoms with Crippen molar-refractivity contribution in [1.29, 1.82) is 0 Å². The first-order valence-corrected chi connectivity index (χ1v) is 10.0. The summed E-state index contributed by atoms with van der Waals surface area (Å²) in [6.45, 7) is 1.46. The molecule has 4 unspecified atom stereocenters. The highest BCUT2D eigenvalue weighted by atomic mass is 32.1. The Labute approximate surface area is 184 Å². The lowest BCUT2D eigenvalue weighted by molar-refractivity contribution is -0.143. The van der Waals surface area contributed by atoms with Gasteiger partial charge in [-0.2, -0.15) is 12.6 Å². The number of carboxylic acid groups (broad SMARTS) is 1. The molecule has 0 aliphatic carbocycles. The molecule has 1 rings (SSSR count). The molecule has 1 aromatic rings.